The Hall–Kier alpha value is -0.790. The zero-order chi connectivity index (χ0) is 9.68. The first-order valence-electron chi connectivity index (χ1n) is 4.31. The summed E-state index contributed by atoms with van der Waals surface area (Å²) in [5, 5.41) is 0.628. The number of hydrogen-bond acceptors (Lipinski definition) is 1. The van der Waals surface area contributed by atoms with E-state index in [4.69, 9.17) is 17.3 Å². The zero-order valence-electron chi connectivity index (χ0n) is 7.54. The first-order valence-corrected chi connectivity index (χ1v) is 4.69. The lowest BCUT2D eigenvalue weighted by molar-refractivity contribution is 0.674. The van der Waals surface area contributed by atoms with Crippen molar-refractivity contribution in [3.05, 3.63) is 47.5 Å². The van der Waals surface area contributed by atoms with E-state index in [0.717, 1.165) is 6.42 Å². The van der Waals surface area contributed by atoms with Gasteiger partial charge in [0.2, 0.25) is 0 Å². The van der Waals surface area contributed by atoms with Crippen molar-refractivity contribution >= 4 is 11.6 Å². The second-order valence-electron chi connectivity index (χ2n) is 3.17. The van der Waals surface area contributed by atoms with Gasteiger partial charge in [0, 0.05) is 11.1 Å². The normalized spacial score (nSPS) is 12.5. The molecule has 1 atom stereocenters. The Morgan fingerprint density at radius 2 is 2.00 bits per heavy atom. The quantitative estimate of drug-likeness (QED) is 0.786. The van der Waals surface area contributed by atoms with Gasteiger partial charge in [-0.05, 0) is 18.4 Å². The molecule has 0 heterocycles. The Bertz CT molecular complexity index is 269. The Balaban J connectivity index is 2.45. The van der Waals surface area contributed by atoms with Crippen molar-refractivity contribution < 1.29 is 0 Å². The van der Waals surface area contributed by atoms with E-state index in [0.29, 0.717) is 11.5 Å². The molecule has 0 aromatic heterocycles. The second kappa shape index (κ2) is 5.05. The first-order chi connectivity index (χ1) is 6.18. The van der Waals surface area contributed by atoms with Crippen LogP contribution < -0.4 is 5.73 Å². The summed E-state index contributed by atoms with van der Waals surface area (Å²) in [7, 11) is 0. The van der Waals surface area contributed by atoms with Crippen LogP contribution in [-0.4, -0.2) is 6.04 Å². The van der Waals surface area contributed by atoms with Crippen LogP contribution in [0.4, 0.5) is 0 Å². The third-order valence-electron chi connectivity index (χ3n) is 1.82. The molecular formula is C11H14ClN. The van der Waals surface area contributed by atoms with Crippen LogP contribution in [0.1, 0.15) is 12.0 Å². The van der Waals surface area contributed by atoms with Crippen LogP contribution in [0, 0.1) is 0 Å². The average molecular weight is 196 g/mol. The molecule has 13 heavy (non-hydrogen) atoms. The van der Waals surface area contributed by atoms with Gasteiger partial charge in [-0.2, -0.15) is 0 Å². The Morgan fingerprint density at radius 3 is 2.54 bits per heavy atom. The van der Waals surface area contributed by atoms with Crippen LogP contribution >= 0.6 is 11.6 Å². The highest BCUT2D eigenvalue weighted by atomic mass is 35.5. The summed E-state index contributed by atoms with van der Waals surface area (Å²) in [6.07, 6.45) is 1.53. The van der Waals surface area contributed by atoms with Crippen molar-refractivity contribution in [2.45, 2.75) is 18.9 Å². The fourth-order valence-electron chi connectivity index (χ4n) is 1.27. The van der Waals surface area contributed by atoms with Gasteiger partial charge in [-0.3, -0.25) is 0 Å². The van der Waals surface area contributed by atoms with Gasteiger partial charge in [0.25, 0.3) is 0 Å². The summed E-state index contributed by atoms with van der Waals surface area (Å²) in [5.41, 5.74) is 7.10. The highest BCUT2D eigenvalue weighted by Crippen LogP contribution is 2.10. The molecule has 0 aliphatic carbocycles. The summed E-state index contributed by atoms with van der Waals surface area (Å²) in [5.74, 6) is 0. The van der Waals surface area contributed by atoms with Gasteiger partial charge in [-0.15, -0.1) is 0 Å². The molecular weight excluding hydrogens is 182 g/mol. The van der Waals surface area contributed by atoms with Crippen molar-refractivity contribution in [3.63, 3.8) is 0 Å². The van der Waals surface area contributed by atoms with E-state index in [2.05, 4.69) is 18.7 Å². The number of benzene rings is 1. The lowest BCUT2D eigenvalue weighted by Crippen LogP contribution is -2.22. The van der Waals surface area contributed by atoms with Crippen molar-refractivity contribution in [1.29, 1.82) is 0 Å². The predicted molar refractivity (Wildman–Crippen MR) is 57.7 cm³/mol. The molecule has 1 nitrogen and oxygen atoms in total. The predicted octanol–water partition coefficient (Wildman–Crippen LogP) is 2.70. The number of rotatable bonds is 4. The van der Waals surface area contributed by atoms with E-state index < -0.39 is 0 Å². The molecule has 0 spiro atoms. The van der Waals surface area contributed by atoms with Crippen molar-refractivity contribution in [3.8, 4) is 0 Å². The van der Waals surface area contributed by atoms with Crippen molar-refractivity contribution in [1.82, 2.24) is 0 Å². The smallest absolute Gasteiger partial charge is 0.0128 e. The maximum absolute atomic E-state index is 5.86. The monoisotopic (exact) mass is 195 g/mol. The first kappa shape index (κ1) is 10.3. The molecule has 1 unspecified atom stereocenters. The molecule has 1 rings (SSSR count). The number of nitrogens with two attached hydrogens (primary N) is 1. The Kier molecular flexibility index (Phi) is 4.00. The van der Waals surface area contributed by atoms with Gasteiger partial charge >= 0.3 is 0 Å². The van der Waals surface area contributed by atoms with Gasteiger partial charge in [0.15, 0.2) is 0 Å². The molecule has 0 aliphatic heterocycles. The summed E-state index contributed by atoms with van der Waals surface area (Å²) in [6.45, 7) is 3.62. The minimum Gasteiger partial charge on any atom is -0.327 e. The van der Waals surface area contributed by atoms with Gasteiger partial charge in [-0.25, -0.2) is 0 Å². The minimum absolute atomic E-state index is 0.0763. The highest BCUT2D eigenvalue weighted by Gasteiger charge is 2.04. The lowest BCUT2D eigenvalue weighted by atomic mass is 10.0. The highest BCUT2D eigenvalue weighted by molar-refractivity contribution is 6.29. The van der Waals surface area contributed by atoms with Crippen LogP contribution in [0.15, 0.2) is 41.9 Å². The molecule has 2 N–H and O–H groups in total. The molecule has 0 radical (unpaired) electrons. The molecule has 1 aromatic rings. The van der Waals surface area contributed by atoms with Crippen molar-refractivity contribution in [2.75, 3.05) is 0 Å². The largest absolute Gasteiger partial charge is 0.327 e. The van der Waals surface area contributed by atoms with Crippen LogP contribution in [0.3, 0.4) is 0 Å². The van der Waals surface area contributed by atoms with Crippen molar-refractivity contribution in [2.24, 2.45) is 5.73 Å². The van der Waals surface area contributed by atoms with Gasteiger partial charge in [-0.1, -0.05) is 48.5 Å². The van der Waals surface area contributed by atoms with E-state index in [1.807, 2.05) is 18.2 Å². The van der Waals surface area contributed by atoms with Gasteiger partial charge in [0.1, 0.15) is 0 Å². The molecule has 0 aliphatic rings. The summed E-state index contributed by atoms with van der Waals surface area (Å²) in [6, 6.07) is 10.2. The topological polar surface area (TPSA) is 26.0 Å². The maximum Gasteiger partial charge on any atom is 0.0128 e. The van der Waals surface area contributed by atoms with E-state index in [1.54, 1.807) is 0 Å². The molecule has 1 aromatic carbocycles. The second-order valence-corrected chi connectivity index (χ2v) is 3.71. The molecule has 0 saturated heterocycles. The molecule has 2 heteroatoms. The van der Waals surface area contributed by atoms with E-state index in [-0.39, 0.29) is 6.04 Å². The van der Waals surface area contributed by atoms with Crippen LogP contribution in [0.2, 0.25) is 0 Å². The molecule has 0 amide bonds. The fourth-order valence-corrected chi connectivity index (χ4v) is 1.47. The lowest BCUT2D eigenvalue weighted by Gasteiger charge is -2.09. The molecule has 0 fully saturated rings. The van der Waals surface area contributed by atoms with Crippen LogP contribution in [-0.2, 0) is 6.42 Å². The van der Waals surface area contributed by atoms with Gasteiger partial charge < -0.3 is 5.73 Å². The zero-order valence-corrected chi connectivity index (χ0v) is 8.30. The van der Waals surface area contributed by atoms with E-state index in [9.17, 15) is 0 Å². The number of hydrogen-bond donors (Lipinski definition) is 1. The minimum atomic E-state index is 0.0763. The fraction of sp³-hybridized carbons (Fsp3) is 0.273. The summed E-state index contributed by atoms with van der Waals surface area (Å²) in [4.78, 5) is 0. The van der Waals surface area contributed by atoms with Crippen LogP contribution in [0.5, 0.6) is 0 Å². The third kappa shape index (κ3) is 4.11. The molecule has 0 bridgehead atoms. The third-order valence-corrected chi connectivity index (χ3v) is 1.98. The SMILES string of the molecule is C=C(Cl)CC(N)Cc1ccccc1. The average Bonchev–Trinajstić information content (AvgIpc) is 2.04. The molecule has 0 saturated carbocycles. The number of halogens is 1. The van der Waals surface area contributed by atoms with E-state index >= 15 is 0 Å². The summed E-state index contributed by atoms with van der Waals surface area (Å²) < 4.78 is 0. The van der Waals surface area contributed by atoms with Gasteiger partial charge in [0.05, 0.1) is 0 Å². The standard InChI is InChI=1S/C11H14ClN/c1-9(12)7-11(13)8-10-5-3-2-4-6-10/h2-6,11H,1,7-8,13H2. The van der Waals surface area contributed by atoms with Crippen LogP contribution in [0.25, 0.3) is 0 Å². The summed E-state index contributed by atoms with van der Waals surface area (Å²) >= 11 is 5.66. The van der Waals surface area contributed by atoms with E-state index in [1.165, 1.54) is 5.56 Å². The Labute approximate surface area is 84.2 Å². The Morgan fingerprint density at radius 1 is 1.38 bits per heavy atom. The molecule has 70 valence electrons. The maximum atomic E-state index is 5.86.